The summed E-state index contributed by atoms with van der Waals surface area (Å²) in [5.41, 5.74) is 2.76. The highest BCUT2D eigenvalue weighted by atomic mass is 16.5. The molecule has 0 heterocycles. The third-order valence-electron chi connectivity index (χ3n) is 2.77. The zero-order valence-corrected chi connectivity index (χ0v) is 11.3. The van der Waals surface area contributed by atoms with E-state index in [1.54, 1.807) is 0 Å². The Morgan fingerprint density at radius 2 is 1.71 bits per heavy atom. The SMILES string of the molecule is CCc1ccc(CCOCCNC(C)C)cc1. The molecule has 96 valence electrons. The third kappa shape index (κ3) is 6.44. The average Bonchev–Trinajstić information content (AvgIpc) is 2.34. The van der Waals surface area contributed by atoms with Gasteiger partial charge in [0.05, 0.1) is 13.2 Å². The van der Waals surface area contributed by atoms with Crippen molar-refractivity contribution in [3.05, 3.63) is 35.4 Å². The van der Waals surface area contributed by atoms with Crippen molar-refractivity contribution in [2.45, 2.75) is 39.7 Å². The molecule has 0 aromatic heterocycles. The lowest BCUT2D eigenvalue weighted by molar-refractivity contribution is 0.137. The van der Waals surface area contributed by atoms with Crippen LogP contribution >= 0.6 is 0 Å². The van der Waals surface area contributed by atoms with E-state index in [2.05, 4.69) is 50.4 Å². The van der Waals surface area contributed by atoms with Gasteiger partial charge >= 0.3 is 0 Å². The van der Waals surface area contributed by atoms with Crippen molar-refractivity contribution in [3.8, 4) is 0 Å². The quantitative estimate of drug-likeness (QED) is 0.700. The number of hydrogen-bond acceptors (Lipinski definition) is 2. The molecule has 0 saturated heterocycles. The van der Waals surface area contributed by atoms with Crippen LogP contribution in [0.25, 0.3) is 0 Å². The lowest BCUT2D eigenvalue weighted by Crippen LogP contribution is -2.26. The van der Waals surface area contributed by atoms with Crippen LogP contribution in [0.1, 0.15) is 31.9 Å². The van der Waals surface area contributed by atoms with Gasteiger partial charge in [-0.3, -0.25) is 0 Å². The molecule has 0 aliphatic heterocycles. The van der Waals surface area contributed by atoms with E-state index in [1.165, 1.54) is 11.1 Å². The van der Waals surface area contributed by atoms with Crippen LogP contribution in [-0.4, -0.2) is 25.8 Å². The number of aryl methyl sites for hydroxylation is 1. The Labute approximate surface area is 105 Å². The van der Waals surface area contributed by atoms with Crippen molar-refractivity contribution >= 4 is 0 Å². The van der Waals surface area contributed by atoms with Gasteiger partial charge in [0.2, 0.25) is 0 Å². The maximum absolute atomic E-state index is 5.58. The van der Waals surface area contributed by atoms with Crippen LogP contribution < -0.4 is 5.32 Å². The molecular weight excluding hydrogens is 210 g/mol. The van der Waals surface area contributed by atoms with Crippen LogP contribution in [0.15, 0.2) is 24.3 Å². The summed E-state index contributed by atoms with van der Waals surface area (Å²) in [7, 11) is 0. The topological polar surface area (TPSA) is 21.3 Å². The molecule has 0 amide bonds. The van der Waals surface area contributed by atoms with Gasteiger partial charge in [0.1, 0.15) is 0 Å². The molecule has 1 aromatic carbocycles. The largest absolute Gasteiger partial charge is 0.380 e. The zero-order valence-electron chi connectivity index (χ0n) is 11.3. The predicted molar refractivity (Wildman–Crippen MR) is 73.5 cm³/mol. The summed E-state index contributed by atoms with van der Waals surface area (Å²) in [5, 5.41) is 3.33. The lowest BCUT2D eigenvalue weighted by atomic mass is 10.1. The van der Waals surface area contributed by atoms with E-state index in [0.29, 0.717) is 6.04 Å². The predicted octanol–water partition coefficient (Wildman–Crippen LogP) is 2.81. The minimum absolute atomic E-state index is 0.542. The van der Waals surface area contributed by atoms with E-state index in [1.807, 2.05) is 0 Å². The number of benzene rings is 1. The second-order valence-corrected chi connectivity index (χ2v) is 4.64. The summed E-state index contributed by atoms with van der Waals surface area (Å²) in [6.45, 7) is 9.02. The monoisotopic (exact) mass is 235 g/mol. The first-order chi connectivity index (χ1) is 8.22. The fourth-order valence-electron chi connectivity index (χ4n) is 1.65. The Hall–Kier alpha value is -0.860. The van der Waals surface area contributed by atoms with E-state index in [-0.39, 0.29) is 0 Å². The summed E-state index contributed by atoms with van der Waals surface area (Å²) in [4.78, 5) is 0. The number of hydrogen-bond donors (Lipinski definition) is 1. The number of rotatable bonds is 8. The van der Waals surface area contributed by atoms with Gasteiger partial charge in [-0.15, -0.1) is 0 Å². The molecule has 0 aliphatic rings. The van der Waals surface area contributed by atoms with Crippen LogP contribution in [0, 0.1) is 0 Å². The van der Waals surface area contributed by atoms with E-state index in [0.717, 1.165) is 32.6 Å². The van der Waals surface area contributed by atoms with Gasteiger partial charge in [-0.05, 0) is 24.0 Å². The molecule has 17 heavy (non-hydrogen) atoms. The molecule has 2 nitrogen and oxygen atoms in total. The molecule has 2 heteroatoms. The molecule has 1 N–H and O–H groups in total. The summed E-state index contributed by atoms with van der Waals surface area (Å²) >= 11 is 0. The molecule has 1 rings (SSSR count). The maximum Gasteiger partial charge on any atom is 0.0591 e. The van der Waals surface area contributed by atoms with Gasteiger partial charge in [0.15, 0.2) is 0 Å². The van der Waals surface area contributed by atoms with Crippen LogP contribution in [0.2, 0.25) is 0 Å². The molecule has 0 fully saturated rings. The fraction of sp³-hybridized carbons (Fsp3) is 0.600. The molecule has 0 spiro atoms. The third-order valence-corrected chi connectivity index (χ3v) is 2.77. The van der Waals surface area contributed by atoms with Crippen molar-refractivity contribution in [1.29, 1.82) is 0 Å². The first kappa shape index (κ1) is 14.2. The van der Waals surface area contributed by atoms with Crippen molar-refractivity contribution in [2.24, 2.45) is 0 Å². The van der Waals surface area contributed by atoms with E-state index < -0.39 is 0 Å². The number of nitrogens with one attached hydrogen (secondary N) is 1. The van der Waals surface area contributed by atoms with Gasteiger partial charge in [-0.2, -0.15) is 0 Å². The highest BCUT2D eigenvalue weighted by Gasteiger charge is 1.95. The van der Waals surface area contributed by atoms with Crippen molar-refractivity contribution in [1.82, 2.24) is 5.32 Å². The normalized spacial score (nSPS) is 11.1. The van der Waals surface area contributed by atoms with Crippen molar-refractivity contribution in [2.75, 3.05) is 19.8 Å². The Morgan fingerprint density at radius 1 is 1.06 bits per heavy atom. The van der Waals surface area contributed by atoms with Crippen LogP contribution in [0.3, 0.4) is 0 Å². The molecule has 0 bridgehead atoms. The summed E-state index contributed by atoms with van der Waals surface area (Å²) < 4.78 is 5.58. The summed E-state index contributed by atoms with van der Waals surface area (Å²) in [6, 6.07) is 9.36. The van der Waals surface area contributed by atoms with Gasteiger partial charge in [-0.1, -0.05) is 45.0 Å². The molecule has 0 aliphatic carbocycles. The Balaban J connectivity index is 2.09. The Bertz CT molecular complexity index is 292. The van der Waals surface area contributed by atoms with Crippen molar-refractivity contribution < 1.29 is 4.74 Å². The smallest absolute Gasteiger partial charge is 0.0591 e. The fourth-order valence-corrected chi connectivity index (χ4v) is 1.65. The average molecular weight is 235 g/mol. The van der Waals surface area contributed by atoms with E-state index in [9.17, 15) is 0 Å². The Kier molecular flexibility index (Phi) is 6.90. The van der Waals surface area contributed by atoms with Gasteiger partial charge < -0.3 is 10.1 Å². The molecule has 0 radical (unpaired) electrons. The summed E-state index contributed by atoms with van der Waals surface area (Å²) in [5.74, 6) is 0. The minimum Gasteiger partial charge on any atom is -0.380 e. The highest BCUT2D eigenvalue weighted by molar-refractivity contribution is 5.22. The van der Waals surface area contributed by atoms with Crippen LogP contribution in [0.5, 0.6) is 0 Å². The van der Waals surface area contributed by atoms with Gasteiger partial charge in [0, 0.05) is 12.6 Å². The second kappa shape index (κ2) is 8.26. The van der Waals surface area contributed by atoms with Crippen LogP contribution in [-0.2, 0) is 17.6 Å². The lowest BCUT2D eigenvalue weighted by Gasteiger charge is -2.08. The first-order valence-electron chi connectivity index (χ1n) is 6.61. The maximum atomic E-state index is 5.58. The highest BCUT2D eigenvalue weighted by Crippen LogP contribution is 2.05. The standard InChI is InChI=1S/C15H25NO/c1-4-14-5-7-15(8-6-14)9-11-17-12-10-16-13(2)3/h5-8,13,16H,4,9-12H2,1-3H3. The molecular formula is C15H25NO. The molecule has 1 aromatic rings. The first-order valence-corrected chi connectivity index (χ1v) is 6.61. The molecule has 0 unspecified atom stereocenters. The van der Waals surface area contributed by atoms with Gasteiger partial charge in [0.25, 0.3) is 0 Å². The number of ether oxygens (including phenoxy) is 1. The Morgan fingerprint density at radius 3 is 2.29 bits per heavy atom. The molecule has 0 saturated carbocycles. The van der Waals surface area contributed by atoms with E-state index in [4.69, 9.17) is 4.74 Å². The molecule has 0 atom stereocenters. The van der Waals surface area contributed by atoms with E-state index >= 15 is 0 Å². The zero-order chi connectivity index (χ0) is 12.5. The minimum atomic E-state index is 0.542. The van der Waals surface area contributed by atoms with Crippen molar-refractivity contribution in [3.63, 3.8) is 0 Å². The second-order valence-electron chi connectivity index (χ2n) is 4.64. The summed E-state index contributed by atoms with van der Waals surface area (Å²) in [6.07, 6.45) is 2.11. The van der Waals surface area contributed by atoms with Gasteiger partial charge in [-0.25, -0.2) is 0 Å². The van der Waals surface area contributed by atoms with Crippen LogP contribution in [0.4, 0.5) is 0 Å².